The molecule has 0 saturated carbocycles. The zero-order chi connectivity index (χ0) is 11.5. The van der Waals surface area contributed by atoms with Crippen LogP contribution in [0.25, 0.3) is 0 Å². The zero-order valence-corrected chi connectivity index (χ0v) is 12.5. The predicted molar refractivity (Wildman–Crippen MR) is 76.6 cm³/mol. The number of hydrogen-bond donors (Lipinski definition) is 1. The number of halogens is 1. The molecule has 1 unspecified atom stereocenters. The van der Waals surface area contributed by atoms with Gasteiger partial charge in [0.15, 0.2) is 0 Å². The Balaban J connectivity index is 2.32. The normalized spacial score (nSPS) is 12.9. The van der Waals surface area contributed by atoms with Crippen LogP contribution in [0, 0.1) is 6.92 Å². The summed E-state index contributed by atoms with van der Waals surface area (Å²) in [5, 5.41) is 7.89. The molecule has 1 atom stereocenters. The highest BCUT2D eigenvalue weighted by Gasteiger charge is 2.16. The lowest BCUT2D eigenvalue weighted by molar-refractivity contribution is 0.641. The average molecular weight is 316 g/mol. The fourth-order valence-electron chi connectivity index (χ4n) is 1.65. The van der Waals surface area contributed by atoms with Crippen molar-refractivity contribution >= 4 is 38.6 Å². The molecular weight excluding hydrogens is 302 g/mol. The summed E-state index contributed by atoms with van der Waals surface area (Å²) in [6.45, 7) is 5.28. The first kappa shape index (κ1) is 12.3. The summed E-state index contributed by atoms with van der Waals surface area (Å²) in [5.41, 5.74) is 1.36. The molecule has 0 radical (unpaired) electrons. The van der Waals surface area contributed by atoms with E-state index < -0.39 is 0 Å². The molecule has 1 N–H and O–H groups in total. The van der Waals surface area contributed by atoms with Crippen LogP contribution in [-0.2, 0) is 0 Å². The van der Waals surface area contributed by atoms with E-state index in [1.165, 1.54) is 19.8 Å². The van der Waals surface area contributed by atoms with Gasteiger partial charge in [-0.25, -0.2) is 0 Å². The van der Waals surface area contributed by atoms with Crippen molar-refractivity contribution in [2.45, 2.75) is 19.9 Å². The molecule has 0 spiro atoms. The van der Waals surface area contributed by atoms with Crippen LogP contribution in [0.15, 0.2) is 27.4 Å². The third kappa shape index (κ3) is 2.56. The van der Waals surface area contributed by atoms with Gasteiger partial charge in [-0.2, -0.15) is 11.3 Å². The molecule has 0 aliphatic carbocycles. The van der Waals surface area contributed by atoms with Crippen molar-refractivity contribution in [1.29, 1.82) is 0 Å². The van der Waals surface area contributed by atoms with Gasteiger partial charge in [-0.15, -0.1) is 11.3 Å². The number of aryl methyl sites for hydroxylation is 1. The summed E-state index contributed by atoms with van der Waals surface area (Å²) in [6.07, 6.45) is 0. The van der Waals surface area contributed by atoms with Gasteiger partial charge in [0.05, 0.1) is 6.04 Å². The minimum Gasteiger partial charge on any atom is -0.306 e. The number of nitrogens with one attached hydrogen (secondary N) is 1. The summed E-state index contributed by atoms with van der Waals surface area (Å²) < 4.78 is 1.21. The van der Waals surface area contributed by atoms with Gasteiger partial charge in [0, 0.05) is 14.2 Å². The molecule has 0 aromatic carbocycles. The van der Waals surface area contributed by atoms with E-state index in [9.17, 15) is 0 Å². The lowest BCUT2D eigenvalue weighted by Gasteiger charge is -2.14. The highest BCUT2D eigenvalue weighted by atomic mass is 79.9. The number of rotatable bonds is 4. The first-order valence-electron chi connectivity index (χ1n) is 5.23. The van der Waals surface area contributed by atoms with E-state index in [-0.39, 0.29) is 0 Å². The van der Waals surface area contributed by atoms with Crippen molar-refractivity contribution in [1.82, 2.24) is 5.32 Å². The molecule has 2 aromatic heterocycles. The summed E-state index contributed by atoms with van der Waals surface area (Å²) >= 11 is 7.19. The Kier molecular flexibility index (Phi) is 4.19. The molecule has 1 nitrogen and oxygen atoms in total. The second-order valence-corrected chi connectivity index (χ2v) is 6.52. The lowest BCUT2D eigenvalue weighted by atomic mass is 10.1. The summed E-state index contributed by atoms with van der Waals surface area (Å²) in [4.78, 5) is 2.72. The van der Waals surface area contributed by atoms with Gasteiger partial charge >= 0.3 is 0 Å². The molecule has 0 amide bonds. The van der Waals surface area contributed by atoms with Crippen molar-refractivity contribution in [3.63, 3.8) is 0 Å². The maximum atomic E-state index is 3.58. The molecule has 0 aliphatic rings. The summed E-state index contributed by atoms with van der Waals surface area (Å²) in [7, 11) is 0. The third-order valence-electron chi connectivity index (χ3n) is 2.45. The Labute approximate surface area is 113 Å². The fourth-order valence-corrected chi connectivity index (χ4v) is 4.00. The predicted octanol–water partition coefficient (Wildman–Crippen LogP) is 4.58. The van der Waals surface area contributed by atoms with Crippen molar-refractivity contribution in [2.75, 3.05) is 6.54 Å². The Bertz CT molecular complexity index is 428. The van der Waals surface area contributed by atoms with Crippen LogP contribution in [0.2, 0.25) is 0 Å². The minimum absolute atomic E-state index is 0.339. The van der Waals surface area contributed by atoms with Gasteiger partial charge in [0.1, 0.15) is 0 Å². The maximum Gasteiger partial charge on any atom is 0.0679 e. The number of hydrogen-bond acceptors (Lipinski definition) is 3. The van der Waals surface area contributed by atoms with Gasteiger partial charge in [-0.05, 0) is 57.9 Å². The van der Waals surface area contributed by atoms with Gasteiger partial charge in [0.2, 0.25) is 0 Å². The monoisotopic (exact) mass is 315 g/mol. The van der Waals surface area contributed by atoms with E-state index in [0.717, 1.165) is 6.54 Å². The molecule has 16 heavy (non-hydrogen) atoms. The van der Waals surface area contributed by atoms with E-state index in [0.29, 0.717) is 6.04 Å². The SMILES string of the molecule is CCNC(c1ccsc1)c1cc(Br)c(C)s1. The van der Waals surface area contributed by atoms with Gasteiger partial charge in [-0.1, -0.05) is 6.92 Å². The van der Waals surface area contributed by atoms with E-state index in [1.54, 1.807) is 11.3 Å². The second kappa shape index (κ2) is 5.45. The van der Waals surface area contributed by atoms with Crippen LogP contribution in [-0.4, -0.2) is 6.54 Å². The number of thiophene rings is 2. The van der Waals surface area contributed by atoms with Crippen molar-refractivity contribution in [3.8, 4) is 0 Å². The molecule has 0 fully saturated rings. The van der Waals surface area contributed by atoms with Crippen LogP contribution in [0.5, 0.6) is 0 Å². The third-order valence-corrected chi connectivity index (χ3v) is 5.35. The Morgan fingerprint density at radius 2 is 2.31 bits per heavy atom. The lowest BCUT2D eigenvalue weighted by Crippen LogP contribution is -2.20. The maximum absolute atomic E-state index is 3.58. The second-order valence-electron chi connectivity index (χ2n) is 3.60. The van der Waals surface area contributed by atoms with E-state index in [4.69, 9.17) is 0 Å². The molecular formula is C12H14BrNS2. The van der Waals surface area contributed by atoms with Crippen LogP contribution in [0.3, 0.4) is 0 Å². The fraction of sp³-hybridized carbons (Fsp3) is 0.333. The molecule has 86 valence electrons. The zero-order valence-electron chi connectivity index (χ0n) is 9.29. The standard InChI is InChI=1S/C12H14BrNS2/c1-3-14-12(9-4-5-15-7-9)11-6-10(13)8(2)16-11/h4-7,12,14H,3H2,1-2H3. The largest absolute Gasteiger partial charge is 0.306 e. The molecule has 0 aliphatic heterocycles. The van der Waals surface area contributed by atoms with E-state index >= 15 is 0 Å². The smallest absolute Gasteiger partial charge is 0.0679 e. The molecule has 2 aromatic rings. The molecule has 4 heteroatoms. The van der Waals surface area contributed by atoms with Crippen molar-refractivity contribution in [2.24, 2.45) is 0 Å². The van der Waals surface area contributed by atoms with Crippen LogP contribution < -0.4 is 5.32 Å². The molecule has 2 heterocycles. The molecule has 2 rings (SSSR count). The van der Waals surface area contributed by atoms with Crippen LogP contribution in [0.1, 0.15) is 28.3 Å². The Morgan fingerprint density at radius 1 is 1.50 bits per heavy atom. The van der Waals surface area contributed by atoms with Crippen molar-refractivity contribution in [3.05, 3.63) is 42.7 Å². The highest BCUT2D eigenvalue weighted by molar-refractivity contribution is 9.10. The average Bonchev–Trinajstić information content (AvgIpc) is 2.86. The minimum atomic E-state index is 0.339. The molecule has 0 bridgehead atoms. The van der Waals surface area contributed by atoms with E-state index in [2.05, 4.69) is 58.0 Å². The first-order chi connectivity index (χ1) is 7.72. The van der Waals surface area contributed by atoms with Crippen LogP contribution in [0.4, 0.5) is 0 Å². The Hall–Kier alpha value is -0.160. The topological polar surface area (TPSA) is 12.0 Å². The van der Waals surface area contributed by atoms with Crippen molar-refractivity contribution < 1.29 is 0 Å². The first-order valence-corrected chi connectivity index (χ1v) is 7.79. The van der Waals surface area contributed by atoms with Gasteiger partial charge in [-0.3, -0.25) is 0 Å². The Morgan fingerprint density at radius 3 is 2.81 bits per heavy atom. The van der Waals surface area contributed by atoms with Gasteiger partial charge in [0.25, 0.3) is 0 Å². The van der Waals surface area contributed by atoms with Crippen LogP contribution >= 0.6 is 38.6 Å². The summed E-state index contributed by atoms with van der Waals surface area (Å²) in [5.74, 6) is 0. The quantitative estimate of drug-likeness (QED) is 0.870. The van der Waals surface area contributed by atoms with Gasteiger partial charge < -0.3 is 5.32 Å². The molecule has 0 saturated heterocycles. The highest BCUT2D eigenvalue weighted by Crippen LogP contribution is 2.34. The van der Waals surface area contributed by atoms with E-state index in [1.807, 2.05) is 11.3 Å². The summed E-state index contributed by atoms with van der Waals surface area (Å²) in [6, 6.07) is 4.76.